The van der Waals surface area contributed by atoms with E-state index in [0.29, 0.717) is 37.1 Å². The van der Waals surface area contributed by atoms with Crippen LogP contribution in [0.1, 0.15) is 17.5 Å². The molecule has 2 aromatic rings. The fourth-order valence-corrected chi connectivity index (χ4v) is 6.21. The maximum atomic E-state index is 14.9. The summed E-state index contributed by atoms with van der Waals surface area (Å²) in [5.74, 6) is 0.359. The Morgan fingerprint density at radius 3 is 2.76 bits per heavy atom. The van der Waals surface area contributed by atoms with Gasteiger partial charge in [-0.3, -0.25) is 9.69 Å². The van der Waals surface area contributed by atoms with Crippen LogP contribution in [0.25, 0.3) is 0 Å². The van der Waals surface area contributed by atoms with Crippen LogP contribution in [0.3, 0.4) is 0 Å². The number of carbonyl (C=O) groups is 2. The molecule has 3 aliphatic heterocycles. The Bertz CT molecular complexity index is 1470. The molecule has 13 nitrogen and oxygen atoms in total. The average Bonchev–Trinajstić information content (AvgIpc) is 3.47. The molecule has 222 valence electrons. The molecule has 0 saturated carbocycles. The average molecular weight is 613 g/mol. The van der Waals surface area contributed by atoms with E-state index in [9.17, 15) is 22.4 Å². The number of sulfonamides is 1. The number of benzene rings is 1. The molecule has 4 heterocycles. The summed E-state index contributed by atoms with van der Waals surface area (Å²) in [6.45, 7) is 1.29. The third kappa shape index (κ3) is 6.03. The van der Waals surface area contributed by atoms with Gasteiger partial charge in [-0.05, 0) is 43.5 Å². The third-order valence-corrected chi connectivity index (χ3v) is 8.88. The predicted octanol–water partition coefficient (Wildman–Crippen LogP) is 1.21. The quantitative estimate of drug-likeness (QED) is 0.462. The van der Waals surface area contributed by atoms with E-state index in [-0.39, 0.29) is 86.1 Å². The second-order valence-electron chi connectivity index (χ2n) is 10.5. The minimum absolute atomic E-state index is 0. The van der Waals surface area contributed by atoms with Crippen LogP contribution in [0.4, 0.5) is 20.8 Å². The number of hydrogen-bond acceptors (Lipinski definition) is 10. The highest BCUT2D eigenvalue weighted by Gasteiger charge is 2.37. The van der Waals surface area contributed by atoms with Gasteiger partial charge in [0, 0.05) is 18.7 Å². The molecule has 4 aliphatic rings. The van der Waals surface area contributed by atoms with Crippen molar-refractivity contribution in [3.05, 3.63) is 35.3 Å². The maximum absolute atomic E-state index is 14.9. The number of cyclic esters (lactones) is 1. The molecule has 1 aromatic carbocycles. The molecule has 2 amide bonds. The molecule has 6 rings (SSSR count). The topological polar surface area (TPSA) is 144 Å². The first-order valence-corrected chi connectivity index (χ1v) is 14.8. The fraction of sp³-hybridized carbons (Fsp3) is 0.520. The number of carbonyl (C=O) groups excluding carboxylic acids is 2. The molecule has 1 aliphatic carbocycles. The molecule has 1 aromatic heterocycles. The van der Waals surface area contributed by atoms with Crippen molar-refractivity contribution in [2.45, 2.75) is 37.5 Å². The van der Waals surface area contributed by atoms with Crippen LogP contribution >= 0.6 is 12.4 Å². The highest BCUT2D eigenvalue weighted by atomic mass is 35.5. The summed E-state index contributed by atoms with van der Waals surface area (Å²) in [7, 11) is -1.28. The smallest absolute Gasteiger partial charge is 0.415 e. The third-order valence-electron chi connectivity index (χ3n) is 7.64. The van der Waals surface area contributed by atoms with E-state index in [4.69, 9.17) is 14.2 Å². The van der Waals surface area contributed by atoms with Gasteiger partial charge in [0.1, 0.15) is 23.8 Å². The SMILES string of the molecule is CN(CCC1CN(c2cnc3c(n2)NC(=O)CO3)C(=O)O1)C1Cc2cc(OC3CN(S(C)(=O)=O)C3)cc(F)c2C1.Cl. The Hall–Kier alpha value is -3.27. The van der Waals surface area contributed by atoms with E-state index >= 15 is 0 Å². The number of amides is 2. The summed E-state index contributed by atoms with van der Waals surface area (Å²) in [5.41, 5.74) is 1.54. The second kappa shape index (κ2) is 11.2. The van der Waals surface area contributed by atoms with Crippen molar-refractivity contribution in [3.63, 3.8) is 0 Å². The van der Waals surface area contributed by atoms with Gasteiger partial charge in [0.25, 0.3) is 11.8 Å². The first kappa shape index (κ1) is 29.2. The standard InChI is InChI=1S/C25H29FN6O7S.ClH/c1-30(4-3-16-12-32(25(34)39-16)21-9-27-24-23(28-21)29-22(33)13-37-24)15-5-14-6-17(8-20(26)19(14)7-15)38-18-10-31(11-18)40(2,35)36;/h6,8-9,15-16,18H,3-5,7,10-13H2,1-2H3,(H,28,29,33);1H. The Morgan fingerprint density at radius 1 is 1.22 bits per heavy atom. The van der Waals surface area contributed by atoms with Crippen molar-refractivity contribution in [1.82, 2.24) is 19.2 Å². The molecule has 2 unspecified atom stereocenters. The molecule has 41 heavy (non-hydrogen) atoms. The summed E-state index contributed by atoms with van der Waals surface area (Å²) in [4.78, 5) is 36.0. The van der Waals surface area contributed by atoms with Crippen molar-refractivity contribution >= 4 is 46.1 Å². The lowest BCUT2D eigenvalue weighted by molar-refractivity contribution is -0.118. The van der Waals surface area contributed by atoms with Crippen LogP contribution in [-0.2, 0) is 32.4 Å². The number of nitrogens with one attached hydrogen (secondary N) is 1. The minimum atomic E-state index is -3.24. The first-order chi connectivity index (χ1) is 19.0. The summed E-state index contributed by atoms with van der Waals surface area (Å²) < 4.78 is 56.0. The van der Waals surface area contributed by atoms with Crippen LogP contribution in [-0.4, -0.2) is 104 Å². The monoisotopic (exact) mass is 612 g/mol. The first-order valence-electron chi connectivity index (χ1n) is 12.9. The number of hydrogen-bond donors (Lipinski definition) is 1. The predicted molar refractivity (Wildman–Crippen MR) is 147 cm³/mol. The molecule has 0 radical (unpaired) electrons. The van der Waals surface area contributed by atoms with Gasteiger partial charge in [-0.15, -0.1) is 12.4 Å². The number of halogens is 2. The molecule has 0 bridgehead atoms. The molecular weight excluding hydrogens is 583 g/mol. The van der Waals surface area contributed by atoms with Crippen LogP contribution in [0, 0.1) is 5.82 Å². The van der Waals surface area contributed by atoms with Crippen molar-refractivity contribution in [2.75, 3.05) is 56.3 Å². The van der Waals surface area contributed by atoms with Crippen molar-refractivity contribution in [2.24, 2.45) is 0 Å². The van der Waals surface area contributed by atoms with Crippen molar-refractivity contribution in [1.29, 1.82) is 0 Å². The normalized spacial score (nSPS) is 22.3. The lowest BCUT2D eigenvalue weighted by atomic mass is 10.1. The van der Waals surface area contributed by atoms with Gasteiger partial charge < -0.3 is 24.4 Å². The number of fused-ring (bicyclic) bond motifs is 2. The maximum Gasteiger partial charge on any atom is 0.415 e. The van der Waals surface area contributed by atoms with Gasteiger partial charge >= 0.3 is 6.09 Å². The zero-order valence-corrected chi connectivity index (χ0v) is 24.0. The Labute approximate surface area is 242 Å². The van der Waals surface area contributed by atoms with Gasteiger partial charge in [0.15, 0.2) is 18.2 Å². The fourth-order valence-electron chi connectivity index (χ4n) is 5.33. The van der Waals surface area contributed by atoms with E-state index in [1.165, 1.54) is 21.5 Å². The summed E-state index contributed by atoms with van der Waals surface area (Å²) in [5, 5.41) is 2.58. The second-order valence-corrected chi connectivity index (χ2v) is 12.5. The molecular formula is C25H30ClFN6O7S. The van der Waals surface area contributed by atoms with Gasteiger partial charge in [-0.25, -0.2) is 27.6 Å². The molecule has 1 N–H and O–H groups in total. The number of anilines is 2. The van der Waals surface area contributed by atoms with Gasteiger partial charge in [-0.2, -0.15) is 4.31 Å². The number of ether oxygens (including phenoxy) is 3. The van der Waals surface area contributed by atoms with E-state index in [1.54, 1.807) is 0 Å². The number of likely N-dealkylation sites (N-methyl/N-ethyl adjacent to an activating group) is 1. The minimum Gasteiger partial charge on any atom is -0.488 e. The summed E-state index contributed by atoms with van der Waals surface area (Å²) >= 11 is 0. The number of rotatable bonds is 8. The van der Waals surface area contributed by atoms with E-state index in [0.717, 1.165) is 11.8 Å². The Kier molecular flexibility index (Phi) is 7.98. The molecule has 16 heteroatoms. The zero-order chi connectivity index (χ0) is 28.2. The Balaban J connectivity index is 0.00000337. The van der Waals surface area contributed by atoms with Gasteiger partial charge in [-0.1, -0.05) is 0 Å². The van der Waals surface area contributed by atoms with Gasteiger partial charge in [0.05, 0.1) is 32.1 Å². The van der Waals surface area contributed by atoms with Crippen molar-refractivity contribution in [3.8, 4) is 11.6 Å². The zero-order valence-electron chi connectivity index (χ0n) is 22.4. The van der Waals surface area contributed by atoms with Crippen LogP contribution in [0.2, 0.25) is 0 Å². The van der Waals surface area contributed by atoms with Gasteiger partial charge in [0.2, 0.25) is 10.0 Å². The molecule has 2 atom stereocenters. The largest absolute Gasteiger partial charge is 0.488 e. The molecule has 2 fully saturated rings. The highest BCUT2D eigenvalue weighted by Crippen LogP contribution is 2.33. The van der Waals surface area contributed by atoms with Crippen LogP contribution in [0.15, 0.2) is 18.3 Å². The van der Waals surface area contributed by atoms with Crippen molar-refractivity contribution < 1.29 is 36.6 Å². The van der Waals surface area contributed by atoms with Crippen LogP contribution in [0.5, 0.6) is 11.6 Å². The number of aromatic nitrogens is 2. The number of nitrogens with zero attached hydrogens (tertiary/aromatic N) is 5. The van der Waals surface area contributed by atoms with E-state index in [1.807, 2.05) is 13.1 Å². The van der Waals surface area contributed by atoms with Crippen LogP contribution < -0.4 is 19.7 Å². The van der Waals surface area contributed by atoms with E-state index < -0.39 is 16.1 Å². The molecule has 0 spiro atoms. The summed E-state index contributed by atoms with van der Waals surface area (Å²) in [6, 6.07) is 3.30. The molecule has 2 saturated heterocycles. The summed E-state index contributed by atoms with van der Waals surface area (Å²) in [6.07, 6.45) is 3.13. The lowest BCUT2D eigenvalue weighted by Gasteiger charge is -2.37. The lowest BCUT2D eigenvalue weighted by Crippen LogP contribution is -2.55. The highest BCUT2D eigenvalue weighted by molar-refractivity contribution is 7.88. The Morgan fingerprint density at radius 2 is 2.00 bits per heavy atom. The van der Waals surface area contributed by atoms with E-state index in [2.05, 4.69) is 20.2 Å².